The zero-order valence-electron chi connectivity index (χ0n) is 6.39. The Morgan fingerprint density at radius 2 is 1.92 bits per heavy atom. The van der Waals surface area contributed by atoms with Gasteiger partial charge in [-0.15, -0.1) is 12.4 Å². The highest BCUT2D eigenvalue weighted by molar-refractivity contribution is 6.33. The van der Waals surface area contributed by atoms with E-state index < -0.39 is 0 Å². The SMILES string of the molecule is Cl.NCCc1cc(Cl)ccc1Cl. The molecule has 0 unspecified atom stereocenters. The molecule has 0 radical (unpaired) electrons. The van der Waals surface area contributed by atoms with E-state index in [1.807, 2.05) is 6.07 Å². The van der Waals surface area contributed by atoms with Crippen LogP contribution in [0.5, 0.6) is 0 Å². The zero-order chi connectivity index (χ0) is 8.27. The third-order valence-corrected chi connectivity index (χ3v) is 2.03. The van der Waals surface area contributed by atoms with Gasteiger partial charge in [0, 0.05) is 10.0 Å². The second-order valence-corrected chi connectivity index (χ2v) is 3.12. The summed E-state index contributed by atoms with van der Waals surface area (Å²) in [4.78, 5) is 0. The lowest BCUT2D eigenvalue weighted by molar-refractivity contribution is 0.969. The van der Waals surface area contributed by atoms with Crippen LogP contribution in [0.1, 0.15) is 5.56 Å². The van der Waals surface area contributed by atoms with Crippen molar-refractivity contribution in [3.8, 4) is 0 Å². The lowest BCUT2D eigenvalue weighted by Crippen LogP contribution is -2.02. The van der Waals surface area contributed by atoms with Crippen LogP contribution >= 0.6 is 35.6 Å². The number of hydrogen-bond acceptors (Lipinski definition) is 1. The fourth-order valence-electron chi connectivity index (χ4n) is 0.890. The van der Waals surface area contributed by atoms with E-state index in [4.69, 9.17) is 28.9 Å². The van der Waals surface area contributed by atoms with Gasteiger partial charge in [-0.3, -0.25) is 0 Å². The van der Waals surface area contributed by atoms with Crippen LogP contribution < -0.4 is 5.73 Å². The van der Waals surface area contributed by atoms with Gasteiger partial charge in [0.25, 0.3) is 0 Å². The molecule has 0 atom stereocenters. The van der Waals surface area contributed by atoms with E-state index in [-0.39, 0.29) is 12.4 Å². The van der Waals surface area contributed by atoms with E-state index in [1.54, 1.807) is 12.1 Å². The van der Waals surface area contributed by atoms with Crippen molar-refractivity contribution in [2.75, 3.05) is 6.54 Å². The van der Waals surface area contributed by atoms with E-state index >= 15 is 0 Å². The molecular weight excluding hydrogens is 216 g/mol. The van der Waals surface area contributed by atoms with Crippen molar-refractivity contribution < 1.29 is 0 Å². The highest BCUT2D eigenvalue weighted by Crippen LogP contribution is 2.20. The van der Waals surface area contributed by atoms with Crippen LogP contribution in [0, 0.1) is 0 Å². The summed E-state index contributed by atoms with van der Waals surface area (Å²) in [7, 11) is 0. The minimum Gasteiger partial charge on any atom is -0.330 e. The van der Waals surface area contributed by atoms with Crippen molar-refractivity contribution in [1.29, 1.82) is 0 Å². The van der Waals surface area contributed by atoms with Crippen LogP contribution in [0.15, 0.2) is 18.2 Å². The summed E-state index contributed by atoms with van der Waals surface area (Å²) >= 11 is 11.6. The first-order chi connectivity index (χ1) is 5.24. The first-order valence-electron chi connectivity index (χ1n) is 3.38. The summed E-state index contributed by atoms with van der Waals surface area (Å²) in [5, 5.41) is 1.44. The van der Waals surface area contributed by atoms with Gasteiger partial charge < -0.3 is 5.73 Å². The maximum Gasteiger partial charge on any atom is 0.0439 e. The molecule has 0 aromatic heterocycles. The van der Waals surface area contributed by atoms with E-state index in [1.165, 1.54) is 0 Å². The molecule has 0 amide bonds. The van der Waals surface area contributed by atoms with Crippen LogP contribution in [0.3, 0.4) is 0 Å². The first-order valence-corrected chi connectivity index (χ1v) is 4.13. The number of nitrogens with two attached hydrogens (primary N) is 1. The quantitative estimate of drug-likeness (QED) is 0.824. The zero-order valence-corrected chi connectivity index (χ0v) is 8.72. The highest BCUT2D eigenvalue weighted by Gasteiger charge is 1.98. The van der Waals surface area contributed by atoms with Crippen molar-refractivity contribution in [2.24, 2.45) is 5.73 Å². The summed E-state index contributed by atoms with van der Waals surface area (Å²) in [6.45, 7) is 0.597. The van der Waals surface area contributed by atoms with Crippen molar-refractivity contribution in [1.82, 2.24) is 0 Å². The summed E-state index contributed by atoms with van der Waals surface area (Å²) in [5.74, 6) is 0. The van der Waals surface area contributed by atoms with Crippen LogP contribution in [0.4, 0.5) is 0 Å². The van der Waals surface area contributed by atoms with Crippen molar-refractivity contribution >= 4 is 35.6 Å². The minimum atomic E-state index is 0. The van der Waals surface area contributed by atoms with E-state index in [2.05, 4.69) is 0 Å². The lowest BCUT2D eigenvalue weighted by atomic mass is 10.1. The smallest absolute Gasteiger partial charge is 0.0439 e. The van der Waals surface area contributed by atoms with E-state index in [0.29, 0.717) is 11.6 Å². The molecule has 1 rings (SSSR count). The molecule has 0 aliphatic carbocycles. The predicted octanol–water partition coefficient (Wildman–Crippen LogP) is 2.92. The van der Waals surface area contributed by atoms with E-state index in [9.17, 15) is 0 Å². The molecule has 2 N–H and O–H groups in total. The van der Waals surface area contributed by atoms with Gasteiger partial charge in [0.05, 0.1) is 0 Å². The van der Waals surface area contributed by atoms with Gasteiger partial charge in [-0.2, -0.15) is 0 Å². The molecule has 0 aliphatic rings. The monoisotopic (exact) mass is 225 g/mol. The minimum absolute atomic E-state index is 0. The normalized spacial score (nSPS) is 9.25. The molecule has 0 heterocycles. The Labute approximate surface area is 88.3 Å². The average Bonchev–Trinajstić information content (AvgIpc) is 1.98. The maximum absolute atomic E-state index is 5.86. The maximum atomic E-state index is 5.86. The van der Waals surface area contributed by atoms with Gasteiger partial charge in [-0.1, -0.05) is 23.2 Å². The molecule has 1 nitrogen and oxygen atoms in total. The number of hydrogen-bond donors (Lipinski definition) is 1. The van der Waals surface area contributed by atoms with Gasteiger partial charge in [0.2, 0.25) is 0 Å². The van der Waals surface area contributed by atoms with Crippen LogP contribution in [-0.4, -0.2) is 6.54 Å². The predicted molar refractivity (Wildman–Crippen MR) is 56.5 cm³/mol. The Morgan fingerprint density at radius 3 is 2.50 bits per heavy atom. The van der Waals surface area contributed by atoms with E-state index in [0.717, 1.165) is 17.0 Å². The number of halogens is 3. The van der Waals surface area contributed by atoms with Gasteiger partial charge in [0.15, 0.2) is 0 Å². The Hall–Kier alpha value is 0.0500. The summed E-state index contributed by atoms with van der Waals surface area (Å²) in [6, 6.07) is 5.40. The topological polar surface area (TPSA) is 26.0 Å². The summed E-state index contributed by atoms with van der Waals surface area (Å²) in [6.07, 6.45) is 0.777. The summed E-state index contributed by atoms with van der Waals surface area (Å²) in [5.41, 5.74) is 6.39. The molecule has 12 heavy (non-hydrogen) atoms. The van der Waals surface area contributed by atoms with Crippen molar-refractivity contribution in [2.45, 2.75) is 6.42 Å². The van der Waals surface area contributed by atoms with Crippen LogP contribution in [0.25, 0.3) is 0 Å². The van der Waals surface area contributed by atoms with Gasteiger partial charge in [-0.25, -0.2) is 0 Å². The first kappa shape index (κ1) is 12.0. The van der Waals surface area contributed by atoms with Crippen molar-refractivity contribution in [3.05, 3.63) is 33.8 Å². The standard InChI is InChI=1S/C8H9Cl2N.ClH/c9-7-1-2-8(10)6(5-7)3-4-11;/h1-2,5H,3-4,11H2;1H. The Kier molecular flexibility index (Phi) is 5.68. The molecule has 0 saturated heterocycles. The second kappa shape index (κ2) is 5.65. The fraction of sp³-hybridized carbons (Fsp3) is 0.250. The highest BCUT2D eigenvalue weighted by atomic mass is 35.5. The van der Waals surface area contributed by atoms with Gasteiger partial charge in [0.1, 0.15) is 0 Å². The summed E-state index contributed by atoms with van der Waals surface area (Å²) < 4.78 is 0. The third kappa shape index (κ3) is 3.20. The van der Waals surface area contributed by atoms with Crippen LogP contribution in [0.2, 0.25) is 10.0 Å². The molecule has 0 spiro atoms. The number of rotatable bonds is 2. The van der Waals surface area contributed by atoms with Gasteiger partial charge in [-0.05, 0) is 36.7 Å². The molecule has 4 heteroatoms. The van der Waals surface area contributed by atoms with Gasteiger partial charge >= 0.3 is 0 Å². The Balaban J connectivity index is 0.00000121. The molecule has 1 aromatic rings. The molecule has 0 saturated carbocycles. The molecule has 0 bridgehead atoms. The lowest BCUT2D eigenvalue weighted by Gasteiger charge is -2.01. The molecule has 0 fully saturated rings. The van der Waals surface area contributed by atoms with Crippen LogP contribution in [-0.2, 0) is 6.42 Å². The molecule has 0 aliphatic heterocycles. The Morgan fingerprint density at radius 1 is 1.25 bits per heavy atom. The Bertz CT molecular complexity index is 250. The van der Waals surface area contributed by atoms with Crippen molar-refractivity contribution in [3.63, 3.8) is 0 Å². The third-order valence-electron chi connectivity index (χ3n) is 1.42. The number of benzene rings is 1. The average molecular weight is 227 g/mol. The molecule has 68 valence electrons. The fourth-order valence-corrected chi connectivity index (χ4v) is 1.30. The largest absolute Gasteiger partial charge is 0.330 e. The second-order valence-electron chi connectivity index (χ2n) is 2.27. The molecular formula is C8H10Cl3N. The molecule has 1 aromatic carbocycles.